The fraction of sp³-hybridized carbons (Fsp3) is 0.478. The third-order valence-corrected chi connectivity index (χ3v) is 5.96. The molecule has 5 heteroatoms. The van der Waals surface area contributed by atoms with Crippen molar-refractivity contribution < 1.29 is 9.84 Å². The maximum absolute atomic E-state index is 10.7. The molecule has 0 radical (unpaired) electrons. The lowest BCUT2D eigenvalue weighted by Gasteiger charge is -2.32. The molecule has 3 unspecified atom stereocenters. The summed E-state index contributed by atoms with van der Waals surface area (Å²) in [5, 5.41) is 17.6. The van der Waals surface area contributed by atoms with Gasteiger partial charge in [0.25, 0.3) is 0 Å². The van der Waals surface area contributed by atoms with Crippen molar-refractivity contribution in [1.82, 2.24) is 5.32 Å². The van der Waals surface area contributed by atoms with Gasteiger partial charge in [-0.05, 0) is 42.0 Å². The number of morpholine rings is 1. The van der Waals surface area contributed by atoms with Crippen LogP contribution in [-0.4, -0.2) is 50.2 Å². The molecule has 0 amide bonds. The van der Waals surface area contributed by atoms with Crippen LogP contribution in [0.15, 0.2) is 42.5 Å². The Labute approximate surface area is 167 Å². The Morgan fingerprint density at radius 2 is 1.96 bits per heavy atom. The van der Waals surface area contributed by atoms with Gasteiger partial charge in [-0.1, -0.05) is 43.3 Å². The molecule has 4 rings (SSSR count). The Bertz CT molecular complexity index is 804. The third-order valence-electron chi connectivity index (χ3n) is 5.96. The molecule has 1 fully saturated rings. The molecule has 0 aromatic heterocycles. The summed E-state index contributed by atoms with van der Waals surface area (Å²) in [7, 11) is 0. The molecule has 2 aliphatic rings. The van der Waals surface area contributed by atoms with E-state index >= 15 is 0 Å². The molecule has 28 heavy (non-hydrogen) atoms. The van der Waals surface area contributed by atoms with E-state index in [1.165, 1.54) is 28.1 Å². The second-order valence-corrected chi connectivity index (χ2v) is 7.98. The summed E-state index contributed by atoms with van der Waals surface area (Å²) in [6, 6.07) is 15.0. The Morgan fingerprint density at radius 1 is 1.18 bits per heavy atom. The van der Waals surface area contributed by atoms with Crippen LogP contribution in [0.3, 0.4) is 0 Å². The van der Waals surface area contributed by atoms with Gasteiger partial charge < -0.3 is 20.1 Å². The van der Waals surface area contributed by atoms with E-state index in [2.05, 4.69) is 71.8 Å². The predicted octanol–water partition coefficient (Wildman–Crippen LogP) is 2.88. The maximum atomic E-state index is 10.7. The number of fused-ring (bicyclic) bond motifs is 1. The SMILES string of the molecule is Cc1cccc2c1NC(C(O)NCC(C)c1ccccc1N1CCOCC1)C2. The summed E-state index contributed by atoms with van der Waals surface area (Å²) >= 11 is 0. The lowest BCUT2D eigenvalue weighted by molar-refractivity contribution is 0.116. The molecule has 0 spiro atoms. The summed E-state index contributed by atoms with van der Waals surface area (Å²) in [6.45, 7) is 8.50. The van der Waals surface area contributed by atoms with Crippen LogP contribution in [0.25, 0.3) is 0 Å². The summed E-state index contributed by atoms with van der Waals surface area (Å²) in [5.74, 6) is 0.305. The third kappa shape index (κ3) is 4.02. The number of aliphatic hydroxyl groups is 1. The largest absolute Gasteiger partial charge is 0.378 e. The van der Waals surface area contributed by atoms with E-state index in [9.17, 15) is 5.11 Å². The monoisotopic (exact) mass is 381 g/mol. The smallest absolute Gasteiger partial charge is 0.125 e. The molecule has 1 saturated heterocycles. The number of aliphatic hydroxyl groups excluding tert-OH is 1. The van der Waals surface area contributed by atoms with Gasteiger partial charge in [0, 0.05) is 31.0 Å². The molecule has 2 heterocycles. The number of para-hydroxylation sites is 2. The van der Waals surface area contributed by atoms with E-state index in [1.54, 1.807) is 0 Å². The Hall–Kier alpha value is -2.08. The molecule has 0 saturated carbocycles. The van der Waals surface area contributed by atoms with Crippen LogP contribution in [0.2, 0.25) is 0 Å². The predicted molar refractivity (Wildman–Crippen MR) is 114 cm³/mol. The van der Waals surface area contributed by atoms with E-state index in [-0.39, 0.29) is 6.04 Å². The minimum atomic E-state index is -0.579. The molecule has 0 bridgehead atoms. The van der Waals surface area contributed by atoms with E-state index in [0.29, 0.717) is 5.92 Å². The lowest BCUT2D eigenvalue weighted by Crippen LogP contribution is -2.44. The topological polar surface area (TPSA) is 56.8 Å². The zero-order valence-electron chi connectivity index (χ0n) is 16.8. The van der Waals surface area contributed by atoms with Gasteiger partial charge in [0.15, 0.2) is 0 Å². The Balaban J connectivity index is 1.37. The van der Waals surface area contributed by atoms with Crippen LogP contribution >= 0.6 is 0 Å². The van der Waals surface area contributed by atoms with Gasteiger partial charge in [0.2, 0.25) is 0 Å². The van der Waals surface area contributed by atoms with Crippen LogP contribution in [0.5, 0.6) is 0 Å². The summed E-state index contributed by atoms with van der Waals surface area (Å²) in [6.07, 6.45) is 0.272. The van der Waals surface area contributed by atoms with Gasteiger partial charge in [0.05, 0.1) is 19.3 Å². The highest BCUT2D eigenvalue weighted by Gasteiger charge is 2.28. The number of hydrogen-bond acceptors (Lipinski definition) is 5. The van der Waals surface area contributed by atoms with Crippen molar-refractivity contribution in [3.63, 3.8) is 0 Å². The fourth-order valence-corrected chi connectivity index (χ4v) is 4.32. The molecule has 3 N–H and O–H groups in total. The summed E-state index contributed by atoms with van der Waals surface area (Å²) < 4.78 is 5.50. The average Bonchev–Trinajstić information content (AvgIpc) is 3.18. The molecular formula is C23H31N3O2. The summed E-state index contributed by atoms with van der Waals surface area (Å²) in [5.41, 5.74) is 6.31. The quantitative estimate of drug-likeness (QED) is 0.672. The van der Waals surface area contributed by atoms with Gasteiger partial charge in [-0.2, -0.15) is 0 Å². The molecule has 0 aliphatic carbocycles. The van der Waals surface area contributed by atoms with Gasteiger partial charge in [0.1, 0.15) is 6.23 Å². The van der Waals surface area contributed by atoms with E-state index in [0.717, 1.165) is 39.3 Å². The van der Waals surface area contributed by atoms with Crippen LogP contribution in [0.4, 0.5) is 11.4 Å². The van der Waals surface area contributed by atoms with Crippen molar-refractivity contribution in [2.75, 3.05) is 43.1 Å². The molecule has 3 atom stereocenters. The van der Waals surface area contributed by atoms with Gasteiger partial charge in [-0.3, -0.25) is 5.32 Å². The van der Waals surface area contributed by atoms with E-state index in [1.807, 2.05) is 0 Å². The molecule has 2 aromatic rings. The standard InChI is InChI=1S/C23H31N3O2/c1-16-6-5-7-18-14-20(25-22(16)18)23(27)24-15-17(2)19-8-3-4-9-21(19)26-10-12-28-13-11-26/h3-9,17,20,23-25,27H,10-15H2,1-2H3. The molecule has 150 valence electrons. The second kappa shape index (κ2) is 8.52. The number of nitrogens with zero attached hydrogens (tertiary/aromatic N) is 1. The van der Waals surface area contributed by atoms with Gasteiger partial charge >= 0.3 is 0 Å². The first-order valence-electron chi connectivity index (χ1n) is 10.3. The normalized spacial score (nSPS) is 21.1. The fourth-order valence-electron chi connectivity index (χ4n) is 4.32. The zero-order chi connectivity index (χ0) is 19.5. The first kappa shape index (κ1) is 19.2. The van der Waals surface area contributed by atoms with E-state index < -0.39 is 6.23 Å². The maximum Gasteiger partial charge on any atom is 0.125 e. The number of hydrogen-bond donors (Lipinski definition) is 3. The van der Waals surface area contributed by atoms with Crippen molar-refractivity contribution in [1.29, 1.82) is 0 Å². The van der Waals surface area contributed by atoms with Crippen molar-refractivity contribution in [2.24, 2.45) is 0 Å². The van der Waals surface area contributed by atoms with Crippen molar-refractivity contribution in [3.05, 3.63) is 59.2 Å². The molecule has 5 nitrogen and oxygen atoms in total. The highest BCUT2D eigenvalue weighted by molar-refractivity contribution is 5.62. The minimum Gasteiger partial charge on any atom is -0.378 e. The number of benzene rings is 2. The number of rotatable bonds is 6. The Morgan fingerprint density at radius 3 is 2.75 bits per heavy atom. The van der Waals surface area contributed by atoms with Crippen molar-refractivity contribution >= 4 is 11.4 Å². The Kier molecular flexibility index (Phi) is 5.85. The first-order valence-corrected chi connectivity index (χ1v) is 10.3. The molecule has 2 aliphatic heterocycles. The lowest BCUT2D eigenvalue weighted by atomic mass is 9.98. The van der Waals surface area contributed by atoms with Crippen molar-refractivity contribution in [2.45, 2.75) is 38.5 Å². The van der Waals surface area contributed by atoms with Crippen LogP contribution < -0.4 is 15.5 Å². The average molecular weight is 382 g/mol. The number of ether oxygens (including phenoxy) is 1. The number of nitrogens with one attached hydrogen (secondary N) is 2. The van der Waals surface area contributed by atoms with E-state index in [4.69, 9.17) is 4.74 Å². The van der Waals surface area contributed by atoms with Crippen molar-refractivity contribution in [3.8, 4) is 0 Å². The van der Waals surface area contributed by atoms with Gasteiger partial charge in [-0.15, -0.1) is 0 Å². The van der Waals surface area contributed by atoms with Gasteiger partial charge in [-0.25, -0.2) is 0 Å². The van der Waals surface area contributed by atoms with Crippen LogP contribution in [-0.2, 0) is 11.2 Å². The molecular weight excluding hydrogens is 350 g/mol. The summed E-state index contributed by atoms with van der Waals surface area (Å²) in [4.78, 5) is 2.41. The molecule has 2 aromatic carbocycles. The van der Waals surface area contributed by atoms with Crippen LogP contribution in [0.1, 0.15) is 29.5 Å². The minimum absolute atomic E-state index is 0.0118. The van der Waals surface area contributed by atoms with Crippen LogP contribution in [0, 0.1) is 6.92 Å². The second-order valence-electron chi connectivity index (χ2n) is 7.98. The highest BCUT2D eigenvalue weighted by Crippen LogP contribution is 2.31. The zero-order valence-corrected chi connectivity index (χ0v) is 16.8. The number of anilines is 2. The highest BCUT2D eigenvalue weighted by atomic mass is 16.5. The number of aryl methyl sites for hydroxylation is 1. The first-order chi connectivity index (χ1) is 13.6.